The van der Waals surface area contributed by atoms with Gasteiger partial charge in [-0.15, -0.1) is 0 Å². The van der Waals surface area contributed by atoms with E-state index < -0.39 is 35.8 Å². The molecular weight excluding hydrogens is 434 g/mol. The topological polar surface area (TPSA) is 106 Å². The molecule has 34 heavy (non-hydrogen) atoms. The Kier molecular flexibility index (Phi) is 6.49. The lowest BCUT2D eigenvalue weighted by Gasteiger charge is -2.27. The third kappa shape index (κ3) is 4.30. The van der Waals surface area contributed by atoms with Gasteiger partial charge in [-0.05, 0) is 42.8 Å². The van der Waals surface area contributed by atoms with Crippen LogP contribution in [0.3, 0.4) is 0 Å². The fourth-order valence-electron chi connectivity index (χ4n) is 4.02. The van der Waals surface area contributed by atoms with Crippen LogP contribution in [-0.2, 0) is 16.0 Å². The van der Waals surface area contributed by atoms with Gasteiger partial charge in [-0.2, -0.15) is 0 Å². The molecule has 172 valence electrons. The highest BCUT2D eigenvalue weighted by molar-refractivity contribution is 6.22. The summed E-state index contributed by atoms with van der Waals surface area (Å²) in [7, 11) is 1.27. The van der Waals surface area contributed by atoms with Gasteiger partial charge >= 0.3 is 5.97 Å². The summed E-state index contributed by atoms with van der Waals surface area (Å²) < 4.78 is 4.86. The predicted octanol–water partition coefficient (Wildman–Crippen LogP) is 2.95. The van der Waals surface area contributed by atoms with E-state index >= 15 is 0 Å². The van der Waals surface area contributed by atoms with Gasteiger partial charge in [0.1, 0.15) is 6.04 Å². The molecule has 0 radical (unpaired) electrons. The van der Waals surface area contributed by atoms with Crippen LogP contribution in [0.15, 0.2) is 72.9 Å². The molecule has 8 nitrogen and oxygen atoms in total. The van der Waals surface area contributed by atoms with Crippen LogP contribution in [0.4, 0.5) is 0 Å². The van der Waals surface area contributed by atoms with Crippen LogP contribution in [0.5, 0.6) is 0 Å². The minimum absolute atomic E-state index is 0.0580. The molecule has 1 aromatic heterocycles. The van der Waals surface area contributed by atoms with Crippen molar-refractivity contribution >= 4 is 23.7 Å². The number of fused-ring (bicyclic) bond motifs is 1. The van der Waals surface area contributed by atoms with Crippen LogP contribution in [0.25, 0.3) is 0 Å². The Labute approximate surface area is 196 Å². The van der Waals surface area contributed by atoms with Gasteiger partial charge in [-0.3, -0.25) is 24.3 Å². The molecule has 0 saturated carbocycles. The Bertz CT molecular complexity index is 1220. The molecule has 8 heteroatoms. The molecule has 0 bridgehead atoms. The van der Waals surface area contributed by atoms with Crippen molar-refractivity contribution < 1.29 is 23.9 Å². The smallest absolute Gasteiger partial charge is 0.338 e. The summed E-state index contributed by atoms with van der Waals surface area (Å²) in [5, 5.41) is 2.86. The number of methoxy groups -OCH3 is 1. The quantitative estimate of drug-likeness (QED) is 0.432. The third-order valence-corrected chi connectivity index (χ3v) is 5.77. The van der Waals surface area contributed by atoms with E-state index in [1.807, 2.05) is 0 Å². The lowest BCUT2D eigenvalue weighted by Crippen LogP contribution is -2.51. The fourth-order valence-corrected chi connectivity index (χ4v) is 4.02. The maximum Gasteiger partial charge on any atom is 0.338 e. The van der Waals surface area contributed by atoms with Crippen molar-refractivity contribution in [1.82, 2.24) is 15.2 Å². The molecule has 0 saturated heterocycles. The summed E-state index contributed by atoms with van der Waals surface area (Å²) in [6.45, 7) is 1.77. The van der Waals surface area contributed by atoms with Gasteiger partial charge in [0.15, 0.2) is 0 Å². The maximum absolute atomic E-state index is 13.5. The number of benzene rings is 2. The summed E-state index contributed by atoms with van der Waals surface area (Å²) in [6, 6.07) is 16.8. The van der Waals surface area contributed by atoms with Crippen molar-refractivity contribution in [3.05, 3.63) is 101 Å². The van der Waals surface area contributed by atoms with Crippen LogP contribution in [0, 0.1) is 0 Å². The molecule has 1 aliphatic rings. The second-order valence-corrected chi connectivity index (χ2v) is 7.88. The SMILES string of the molecule is COC(=O)c1ccccc1C[C@@H](C(=O)NC(C)c1ccccn1)N1C(=O)c2ccccc2C1=O. The van der Waals surface area contributed by atoms with Gasteiger partial charge in [0, 0.05) is 12.6 Å². The maximum atomic E-state index is 13.5. The number of nitrogens with one attached hydrogen (secondary N) is 1. The van der Waals surface area contributed by atoms with E-state index in [2.05, 4.69) is 10.3 Å². The zero-order chi connectivity index (χ0) is 24.2. The van der Waals surface area contributed by atoms with E-state index in [0.717, 1.165) is 4.90 Å². The fraction of sp³-hybridized carbons (Fsp3) is 0.192. The van der Waals surface area contributed by atoms with Gasteiger partial charge < -0.3 is 10.1 Å². The molecule has 0 fully saturated rings. The molecule has 2 aromatic carbocycles. The number of carbonyl (C=O) groups excluding carboxylic acids is 4. The molecule has 1 unspecified atom stereocenters. The highest BCUT2D eigenvalue weighted by atomic mass is 16.5. The average molecular weight is 457 g/mol. The molecule has 4 rings (SSSR count). The van der Waals surface area contributed by atoms with Crippen LogP contribution in [-0.4, -0.2) is 46.7 Å². The Morgan fingerprint density at radius 1 is 0.941 bits per heavy atom. The molecule has 0 spiro atoms. The molecule has 2 atom stereocenters. The molecule has 1 N–H and O–H groups in total. The molecule has 3 aromatic rings. The number of hydrogen-bond donors (Lipinski definition) is 1. The Morgan fingerprint density at radius 3 is 2.18 bits per heavy atom. The first kappa shape index (κ1) is 22.8. The largest absolute Gasteiger partial charge is 0.465 e. The normalized spacial score (nSPS) is 14.4. The number of hydrogen-bond acceptors (Lipinski definition) is 6. The van der Waals surface area contributed by atoms with E-state index in [4.69, 9.17) is 4.74 Å². The number of imide groups is 1. The summed E-state index contributed by atoms with van der Waals surface area (Å²) in [5.74, 6) is -2.21. The first-order valence-electron chi connectivity index (χ1n) is 10.8. The molecular formula is C26H23N3O5. The Morgan fingerprint density at radius 2 is 1.56 bits per heavy atom. The number of ether oxygens (including phenoxy) is 1. The second-order valence-electron chi connectivity index (χ2n) is 7.88. The second kappa shape index (κ2) is 9.66. The van der Waals surface area contributed by atoms with Crippen molar-refractivity contribution in [1.29, 1.82) is 0 Å². The number of pyridine rings is 1. The number of amides is 3. The zero-order valence-corrected chi connectivity index (χ0v) is 18.7. The van der Waals surface area contributed by atoms with Crippen LogP contribution < -0.4 is 5.32 Å². The number of rotatable bonds is 7. The number of aromatic nitrogens is 1. The summed E-state index contributed by atoms with van der Waals surface area (Å²) in [4.78, 5) is 57.4. The first-order valence-corrected chi connectivity index (χ1v) is 10.8. The molecule has 3 amide bonds. The van der Waals surface area contributed by atoms with Crippen molar-refractivity contribution in [2.45, 2.75) is 25.4 Å². The van der Waals surface area contributed by atoms with Crippen LogP contribution in [0.2, 0.25) is 0 Å². The highest BCUT2D eigenvalue weighted by Gasteiger charge is 2.43. The van der Waals surface area contributed by atoms with E-state index in [0.29, 0.717) is 11.3 Å². The Balaban J connectivity index is 1.70. The lowest BCUT2D eigenvalue weighted by atomic mass is 9.98. The van der Waals surface area contributed by atoms with Crippen LogP contribution >= 0.6 is 0 Å². The minimum atomic E-state index is -1.19. The van der Waals surface area contributed by atoms with Crippen molar-refractivity contribution in [2.24, 2.45) is 0 Å². The van der Waals surface area contributed by atoms with Crippen LogP contribution in [0.1, 0.15) is 55.3 Å². The Hall–Kier alpha value is -4.33. The van der Waals surface area contributed by atoms with E-state index in [1.165, 1.54) is 7.11 Å². The highest BCUT2D eigenvalue weighted by Crippen LogP contribution is 2.27. The van der Waals surface area contributed by atoms with E-state index in [9.17, 15) is 19.2 Å². The molecule has 0 aliphatic carbocycles. The summed E-state index contributed by atoms with van der Waals surface area (Å²) >= 11 is 0. The summed E-state index contributed by atoms with van der Waals surface area (Å²) in [5.41, 5.74) is 1.86. The predicted molar refractivity (Wildman–Crippen MR) is 123 cm³/mol. The van der Waals surface area contributed by atoms with Gasteiger partial charge in [0.2, 0.25) is 5.91 Å². The molecule has 2 heterocycles. The monoisotopic (exact) mass is 457 g/mol. The van der Waals surface area contributed by atoms with Crippen molar-refractivity contribution in [3.8, 4) is 0 Å². The zero-order valence-electron chi connectivity index (χ0n) is 18.7. The van der Waals surface area contributed by atoms with Gasteiger partial charge in [0.25, 0.3) is 11.8 Å². The minimum Gasteiger partial charge on any atom is -0.465 e. The van der Waals surface area contributed by atoms with Gasteiger partial charge in [0.05, 0.1) is 35.5 Å². The van der Waals surface area contributed by atoms with Crippen molar-refractivity contribution in [3.63, 3.8) is 0 Å². The van der Waals surface area contributed by atoms with Gasteiger partial charge in [-0.25, -0.2) is 4.79 Å². The van der Waals surface area contributed by atoms with Crippen molar-refractivity contribution in [2.75, 3.05) is 7.11 Å². The molecule has 1 aliphatic heterocycles. The standard InChI is InChI=1S/C26H23N3O5/c1-16(21-13-7-8-14-27-21)28-23(30)22(15-17-9-3-4-10-18(17)26(33)34-2)29-24(31)19-11-5-6-12-20(19)25(29)32/h3-14,16,22H,15H2,1-2H3,(H,28,30)/t16?,22-/m0/s1. The first-order chi connectivity index (χ1) is 16.4. The lowest BCUT2D eigenvalue weighted by molar-refractivity contribution is -0.125. The van der Waals surface area contributed by atoms with Gasteiger partial charge in [-0.1, -0.05) is 36.4 Å². The number of esters is 1. The van der Waals surface area contributed by atoms with E-state index in [-0.39, 0.29) is 23.1 Å². The number of nitrogens with zero attached hydrogens (tertiary/aromatic N) is 2. The summed E-state index contributed by atoms with van der Waals surface area (Å²) in [6.07, 6.45) is 1.56. The average Bonchev–Trinajstić information content (AvgIpc) is 3.12. The van der Waals surface area contributed by atoms with E-state index in [1.54, 1.807) is 79.9 Å². The third-order valence-electron chi connectivity index (χ3n) is 5.77. The number of carbonyl (C=O) groups is 4.